The molecule has 0 bridgehead atoms. The fourth-order valence-electron chi connectivity index (χ4n) is 3.38. The maximum Gasteiger partial charge on any atom is 1.00 e. The molecule has 23 heavy (non-hydrogen) atoms. The Balaban J connectivity index is 0.00000132. The maximum atomic E-state index is 6.37. The number of ether oxygens (including phenoxy) is 1. The van der Waals surface area contributed by atoms with Gasteiger partial charge >= 0.3 is 27.7 Å². The Hall–Kier alpha value is -0.375. The van der Waals surface area contributed by atoms with Crippen molar-refractivity contribution in [1.82, 2.24) is 0 Å². The van der Waals surface area contributed by atoms with E-state index in [1.165, 1.54) is 17.5 Å². The van der Waals surface area contributed by atoms with Gasteiger partial charge in [-0.1, -0.05) is 60.7 Å². The average Bonchev–Trinajstić information content (AvgIpc) is 2.49. The molecular weight excluding hydrogens is 492 g/mol. The van der Waals surface area contributed by atoms with Crippen molar-refractivity contribution >= 4 is 0 Å². The standard InChI is InChI=1S/C20H23O.ClH.Hg/c1-17-9-8-14-20(21-17,15-18-10-4-2-5-11-18)16-19-12-6-3-7-13-19;;/h2-7,10-13,17H,1,8-9,14-16H2;1H;/q;;+1/p-1. The Kier molecular flexibility index (Phi) is 8.81. The monoisotopic (exact) mass is 516 g/mol. The first-order chi connectivity index (χ1) is 10.3. The molecular formula is C20H23ClHgO. The van der Waals surface area contributed by atoms with Gasteiger partial charge in [-0.3, -0.25) is 0 Å². The van der Waals surface area contributed by atoms with Crippen LogP contribution in [-0.2, 0) is 45.2 Å². The van der Waals surface area contributed by atoms with Gasteiger partial charge in [-0.25, -0.2) is 0 Å². The van der Waals surface area contributed by atoms with Crippen molar-refractivity contribution in [2.24, 2.45) is 0 Å². The molecule has 1 nitrogen and oxygen atoms in total. The third kappa shape index (κ3) is 5.88. The van der Waals surface area contributed by atoms with Crippen molar-refractivity contribution in [1.29, 1.82) is 0 Å². The van der Waals surface area contributed by atoms with E-state index in [1.54, 1.807) is 0 Å². The van der Waals surface area contributed by atoms with E-state index in [1.807, 2.05) is 0 Å². The second-order valence-electron chi connectivity index (χ2n) is 6.14. The summed E-state index contributed by atoms with van der Waals surface area (Å²) < 4.78 is 6.37. The van der Waals surface area contributed by atoms with E-state index in [0.29, 0.717) is 0 Å². The molecule has 1 heterocycles. The maximum absolute atomic E-state index is 6.37. The smallest absolute Gasteiger partial charge is 1.00 e. The van der Waals surface area contributed by atoms with E-state index >= 15 is 0 Å². The largest absolute Gasteiger partial charge is 1.00 e. The SMILES string of the molecule is [CH2]C1CCCC(Cc2ccccc2)(Cc2ccccc2)O1.[Cl-].[Hg+]. The minimum atomic E-state index is -0.104. The van der Waals surface area contributed by atoms with Gasteiger partial charge < -0.3 is 17.1 Å². The van der Waals surface area contributed by atoms with Crippen LogP contribution in [0.5, 0.6) is 0 Å². The summed E-state index contributed by atoms with van der Waals surface area (Å²) >= 11 is 0. The van der Waals surface area contributed by atoms with Crippen molar-refractivity contribution in [2.75, 3.05) is 0 Å². The summed E-state index contributed by atoms with van der Waals surface area (Å²) in [5, 5.41) is 0. The van der Waals surface area contributed by atoms with Gasteiger partial charge in [-0.05, 0) is 37.3 Å². The molecule has 2 radical (unpaired) electrons. The molecule has 2 aromatic carbocycles. The van der Waals surface area contributed by atoms with Crippen molar-refractivity contribution in [3.63, 3.8) is 0 Å². The molecule has 0 aromatic heterocycles. The Morgan fingerprint density at radius 1 is 0.913 bits per heavy atom. The molecule has 3 heteroatoms. The van der Waals surface area contributed by atoms with Gasteiger partial charge in [0.25, 0.3) is 0 Å². The van der Waals surface area contributed by atoms with Gasteiger partial charge in [0.2, 0.25) is 0 Å². The van der Waals surface area contributed by atoms with Crippen LogP contribution >= 0.6 is 0 Å². The molecule has 0 amide bonds. The normalized spacial score (nSPS) is 19.3. The fourth-order valence-corrected chi connectivity index (χ4v) is 3.38. The van der Waals surface area contributed by atoms with Gasteiger partial charge in [0.1, 0.15) is 0 Å². The van der Waals surface area contributed by atoms with Crippen molar-refractivity contribution in [2.45, 2.75) is 43.8 Å². The van der Waals surface area contributed by atoms with Crippen LogP contribution in [0.25, 0.3) is 0 Å². The predicted octanol–water partition coefficient (Wildman–Crippen LogP) is 1.62. The number of hydrogen-bond donors (Lipinski definition) is 0. The van der Waals surface area contributed by atoms with Gasteiger partial charge in [0, 0.05) is 12.8 Å². The summed E-state index contributed by atoms with van der Waals surface area (Å²) in [7, 11) is 0. The van der Waals surface area contributed by atoms with E-state index in [0.717, 1.165) is 25.7 Å². The number of rotatable bonds is 4. The van der Waals surface area contributed by atoms with E-state index in [4.69, 9.17) is 4.74 Å². The molecule has 1 aliphatic heterocycles. The molecule has 0 spiro atoms. The predicted molar refractivity (Wildman–Crippen MR) is 87.1 cm³/mol. The zero-order valence-corrected chi connectivity index (χ0v) is 19.8. The molecule has 0 N–H and O–H groups in total. The van der Waals surface area contributed by atoms with Crippen molar-refractivity contribution in [3.05, 3.63) is 78.7 Å². The van der Waals surface area contributed by atoms with Gasteiger partial charge in [0.05, 0.1) is 11.7 Å². The topological polar surface area (TPSA) is 9.23 Å². The second kappa shape index (κ2) is 9.81. The van der Waals surface area contributed by atoms with Crippen LogP contribution in [0.1, 0.15) is 30.4 Å². The van der Waals surface area contributed by atoms with Gasteiger partial charge in [-0.2, -0.15) is 0 Å². The van der Waals surface area contributed by atoms with Crippen molar-refractivity contribution in [3.8, 4) is 0 Å². The first-order valence-electron chi connectivity index (χ1n) is 7.85. The Morgan fingerprint density at radius 3 is 1.83 bits per heavy atom. The fraction of sp³-hybridized carbons (Fsp3) is 0.350. The Bertz CT molecular complexity index is 517. The van der Waals surface area contributed by atoms with Gasteiger partial charge in [0.15, 0.2) is 0 Å². The van der Waals surface area contributed by atoms with E-state index in [-0.39, 0.29) is 51.8 Å². The number of benzene rings is 2. The molecule has 1 atom stereocenters. The number of halogens is 1. The van der Waals surface area contributed by atoms with Crippen molar-refractivity contribution < 1.29 is 44.8 Å². The summed E-state index contributed by atoms with van der Waals surface area (Å²) in [6.07, 6.45) is 5.44. The summed E-state index contributed by atoms with van der Waals surface area (Å²) in [5.41, 5.74) is 2.60. The first kappa shape index (κ1) is 20.7. The van der Waals surface area contributed by atoms with E-state index in [2.05, 4.69) is 67.6 Å². The summed E-state index contributed by atoms with van der Waals surface area (Å²) in [4.78, 5) is 0. The number of hydrogen-bond acceptors (Lipinski definition) is 1. The minimum Gasteiger partial charge on any atom is -1.00 e. The van der Waals surface area contributed by atoms with Crippen LogP contribution in [-0.4, -0.2) is 11.7 Å². The summed E-state index contributed by atoms with van der Waals surface area (Å²) in [6, 6.07) is 21.4. The van der Waals surface area contributed by atoms with Crippen LogP contribution < -0.4 is 12.4 Å². The average molecular weight is 515 g/mol. The van der Waals surface area contributed by atoms with Gasteiger partial charge in [-0.15, -0.1) is 0 Å². The van der Waals surface area contributed by atoms with Crippen LogP contribution in [0, 0.1) is 6.92 Å². The first-order valence-corrected chi connectivity index (χ1v) is 7.85. The van der Waals surface area contributed by atoms with Crippen LogP contribution in [0.2, 0.25) is 0 Å². The molecule has 0 aliphatic carbocycles. The van der Waals surface area contributed by atoms with Crippen LogP contribution in [0.3, 0.4) is 0 Å². The van der Waals surface area contributed by atoms with E-state index in [9.17, 15) is 0 Å². The Morgan fingerprint density at radius 2 is 1.39 bits per heavy atom. The third-order valence-electron chi connectivity index (χ3n) is 4.31. The zero-order chi connectivity index (χ0) is 14.5. The molecule has 3 rings (SSSR count). The molecule has 1 aliphatic rings. The van der Waals surface area contributed by atoms with E-state index < -0.39 is 0 Å². The van der Waals surface area contributed by atoms with Crippen LogP contribution in [0.15, 0.2) is 60.7 Å². The molecule has 1 fully saturated rings. The Labute approximate surface area is 166 Å². The molecule has 2 aromatic rings. The summed E-state index contributed by atoms with van der Waals surface area (Å²) in [5.74, 6) is 0. The second-order valence-corrected chi connectivity index (χ2v) is 6.14. The quantitative estimate of drug-likeness (QED) is 0.563. The molecule has 1 saturated heterocycles. The summed E-state index contributed by atoms with van der Waals surface area (Å²) in [6.45, 7) is 4.15. The third-order valence-corrected chi connectivity index (χ3v) is 4.31. The van der Waals surface area contributed by atoms with Crippen LogP contribution in [0.4, 0.5) is 0 Å². The molecule has 118 valence electrons. The minimum absolute atomic E-state index is 0. The molecule has 1 unspecified atom stereocenters. The zero-order valence-electron chi connectivity index (χ0n) is 13.6. The molecule has 0 saturated carbocycles.